The molecule has 0 bridgehead atoms. The maximum Gasteiger partial charge on any atom is 0.334 e. The molecule has 0 atom stereocenters. The molecule has 0 aliphatic carbocycles. The van der Waals surface area contributed by atoms with Gasteiger partial charge in [-0.1, -0.05) is 18.3 Å². The normalized spacial score (nSPS) is 11.3. The van der Waals surface area contributed by atoms with Crippen LogP contribution in [0.3, 0.4) is 0 Å². The third kappa shape index (κ3) is 4.01. The van der Waals surface area contributed by atoms with Gasteiger partial charge in [0.1, 0.15) is 4.21 Å². The van der Waals surface area contributed by atoms with E-state index in [2.05, 4.69) is 10.3 Å². The first-order valence-corrected chi connectivity index (χ1v) is 9.83. The quantitative estimate of drug-likeness (QED) is 0.837. The molecule has 23 heavy (non-hydrogen) atoms. The first-order chi connectivity index (χ1) is 10.8. The maximum atomic E-state index is 12.2. The number of nitrogens with zero attached hydrogens (tertiary/aromatic N) is 1. The molecule has 2 rings (SSSR count). The van der Waals surface area contributed by atoms with Crippen LogP contribution in [0.5, 0.6) is 5.06 Å². The Morgan fingerprint density at radius 3 is 2.57 bits per heavy atom. The number of carbonyl (C=O) groups excluding carboxylic acids is 1. The van der Waals surface area contributed by atoms with Gasteiger partial charge in [-0.3, -0.25) is 5.32 Å². The van der Waals surface area contributed by atoms with E-state index in [0.29, 0.717) is 10.8 Å². The highest BCUT2D eigenvalue weighted by atomic mass is 32.2. The molecule has 0 radical (unpaired) electrons. The van der Waals surface area contributed by atoms with Gasteiger partial charge in [0, 0.05) is 4.88 Å². The van der Waals surface area contributed by atoms with E-state index in [4.69, 9.17) is 4.74 Å². The Morgan fingerprint density at radius 1 is 1.35 bits per heavy atom. The number of nitrogens with one attached hydrogen (secondary N) is 2. The molecule has 2 heterocycles. The predicted molar refractivity (Wildman–Crippen MR) is 91.2 cm³/mol. The second-order valence-corrected chi connectivity index (χ2v) is 8.69. The number of rotatable bonds is 5. The van der Waals surface area contributed by atoms with E-state index in [1.54, 1.807) is 13.0 Å². The van der Waals surface area contributed by atoms with Crippen molar-refractivity contribution in [3.8, 4) is 5.06 Å². The summed E-state index contributed by atoms with van der Waals surface area (Å²) >= 11 is 2.28. The Hall–Kier alpha value is -1.65. The summed E-state index contributed by atoms with van der Waals surface area (Å²) in [5.74, 6) is 0. The summed E-state index contributed by atoms with van der Waals surface area (Å²) in [7, 11) is -2.40. The molecule has 0 spiro atoms. The van der Waals surface area contributed by atoms with Crippen LogP contribution in [0.15, 0.2) is 10.3 Å². The SMILES string of the molecule is CCc1sc(S(=O)(=O)NC(=O)Nc2nc(C)c(OC)s2)cc1C. The van der Waals surface area contributed by atoms with Crippen LogP contribution in [0.4, 0.5) is 9.93 Å². The van der Waals surface area contributed by atoms with E-state index in [0.717, 1.165) is 39.5 Å². The van der Waals surface area contributed by atoms with Gasteiger partial charge in [0.15, 0.2) is 10.2 Å². The van der Waals surface area contributed by atoms with E-state index in [-0.39, 0.29) is 9.34 Å². The van der Waals surface area contributed by atoms with Crippen molar-refractivity contribution in [1.29, 1.82) is 0 Å². The third-order valence-corrected chi connectivity index (χ3v) is 7.19. The van der Waals surface area contributed by atoms with Crippen LogP contribution in [0.1, 0.15) is 23.1 Å². The number of ether oxygens (including phenoxy) is 1. The molecule has 2 aromatic heterocycles. The number of aryl methyl sites for hydroxylation is 3. The molecule has 2 N–H and O–H groups in total. The smallest absolute Gasteiger partial charge is 0.334 e. The summed E-state index contributed by atoms with van der Waals surface area (Å²) in [5.41, 5.74) is 1.52. The van der Waals surface area contributed by atoms with Crippen molar-refractivity contribution in [2.75, 3.05) is 12.4 Å². The standard InChI is InChI=1S/C13H17N3O4S3/c1-5-9-7(2)6-10(21-9)23(18,19)16-12(17)15-13-14-8(3)11(20-4)22-13/h6H,5H2,1-4H3,(H2,14,15,16,17). The number of hydrogen-bond donors (Lipinski definition) is 2. The lowest BCUT2D eigenvalue weighted by atomic mass is 10.2. The number of sulfonamides is 1. The Labute approximate surface area is 142 Å². The molecule has 7 nitrogen and oxygen atoms in total. The second kappa shape index (κ2) is 6.85. The van der Waals surface area contributed by atoms with Crippen molar-refractivity contribution >= 4 is 43.9 Å². The average Bonchev–Trinajstić information content (AvgIpc) is 3.01. The zero-order valence-corrected chi connectivity index (χ0v) is 15.5. The molecule has 10 heteroatoms. The maximum absolute atomic E-state index is 12.2. The molecule has 0 aliphatic rings. The lowest BCUT2D eigenvalue weighted by molar-refractivity contribution is 0.256. The van der Waals surface area contributed by atoms with Gasteiger partial charge in [-0.05, 0) is 31.9 Å². The molecule has 126 valence electrons. The predicted octanol–water partition coefficient (Wildman–Crippen LogP) is 2.90. The molecule has 0 saturated heterocycles. The van der Waals surface area contributed by atoms with Crippen LogP contribution >= 0.6 is 22.7 Å². The molecule has 2 amide bonds. The molecule has 2 aromatic rings. The Bertz CT molecular complexity index is 824. The number of urea groups is 1. The van der Waals surface area contributed by atoms with Crippen LogP contribution in [-0.2, 0) is 16.4 Å². The highest BCUT2D eigenvalue weighted by molar-refractivity contribution is 7.92. The summed E-state index contributed by atoms with van der Waals surface area (Å²) in [6, 6.07) is 0.709. The van der Waals surface area contributed by atoms with Gasteiger partial charge in [-0.15, -0.1) is 11.3 Å². The van der Waals surface area contributed by atoms with E-state index in [1.807, 2.05) is 18.6 Å². The van der Waals surface area contributed by atoms with Crippen LogP contribution in [0.25, 0.3) is 0 Å². The van der Waals surface area contributed by atoms with Gasteiger partial charge in [0.2, 0.25) is 0 Å². The van der Waals surface area contributed by atoms with E-state index in [1.165, 1.54) is 7.11 Å². The van der Waals surface area contributed by atoms with Crippen molar-refractivity contribution < 1.29 is 17.9 Å². The van der Waals surface area contributed by atoms with Crippen molar-refractivity contribution in [2.45, 2.75) is 31.4 Å². The number of aromatic nitrogens is 1. The molecule has 0 unspecified atom stereocenters. The van der Waals surface area contributed by atoms with Crippen LogP contribution < -0.4 is 14.8 Å². The first-order valence-electron chi connectivity index (χ1n) is 6.71. The van der Waals surface area contributed by atoms with Crippen molar-refractivity contribution in [3.63, 3.8) is 0 Å². The largest absolute Gasteiger partial charge is 0.486 e. The zero-order valence-electron chi connectivity index (χ0n) is 13.1. The van der Waals surface area contributed by atoms with Gasteiger partial charge < -0.3 is 4.74 Å². The van der Waals surface area contributed by atoms with Gasteiger partial charge >= 0.3 is 6.03 Å². The molecular weight excluding hydrogens is 358 g/mol. The summed E-state index contributed by atoms with van der Waals surface area (Å²) in [5, 5.41) is 3.23. The van der Waals surface area contributed by atoms with Crippen molar-refractivity contribution in [3.05, 3.63) is 22.2 Å². The summed E-state index contributed by atoms with van der Waals surface area (Å²) < 4.78 is 31.7. The topological polar surface area (TPSA) is 97.4 Å². The average molecular weight is 375 g/mol. The highest BCUT2D eigenvalue weighted by Crippen LogP contribution is 2.30. The summed E-state index contributed by atoms with van der Waals surface area (Å²) in [4.78, 5) is 17.0. The Kier molecular flexibility index (Phi) is 5.27. The van der Waals surface area contributed by atoms with E-state index in [9.17, 15) is 13.2 Å². The minimum atomic E-state index is -3.90. The first kappa shape index (κ1) is 17.7. The minimum absolute atomic E-state index is 0.120. The van der Waals surface area contributed by atoms with Crippen LogP contribution in [0, 0.1) is 13.8 Å². The number of carbonyl (C=O) groups is 1. The monoisotopic (exact) mass is 375 g/mol. The zero-order chi connectivity index (χ0) is 17.2. The molecule has 0 aromatic carbocycles. The summed E-state index contributed by atoms with van der Waals surface area (Å²) in [6.45, 7) is 5.53. The Balaban J connectivity index is 2.11. The van der Waals surface area contributed by atoms with E-state index < -0.39 is 16.1 Å². The lowest BCUT2D eigenvalue weighted by Gasteiger charge is -2.04. The highest BCUT2D eigenvalue weighted by Gasteiger charge is 2.22. The number of amides is 2. The fourth-order valence-electron chi connectivity index (χ4n) is 1.89. The third-order valence-electron chi connectivity index (χ3n) is 2.97. The summed E-state index contributed by atoms with van der Waals surface area (Å²) in [6.07, 6.45) is 0.746. The lowest BCUT2D eigenvalue weighted by Crippen LogP contribution is -2.33. The van der Waals surface area contributed by atoms with Gasteiger partial charge in [0.05, 0.1) is 12.8 Å². The number of thiazole rings is 1. The van der Waals surface area contributed by atoms with Crippen LogP contribution in [0.2, 0.25) is 0 Å². The second-order valence-electron chi connectivity index (χ2n) is 4.68. The van der Waals surface area contributed by atoms with Crippen molar-refractivity contribution in [1.82, 2.24) is 9.71 Å². The number of hydrogen-bond acceptors (Lipinski definition) is 7. The van der Waals surface area contributed by atoms with Crippen LogP contribution in [-0.4, -0.2) is 26.5 Å². The Morgan fingerprint density at radius 2 is 2.04 bits per heavy atom. The van der Waals surface area contributed by atoms with E-state index >= 15 is 0 Å². The molecule has 0 fully saturated rings. The molecular formula is C13H17N3O4S3. The van der Waals surface area contributed by atoms with Crippen molar-refractivity contribution in [2.24, 2.45) is 0 Å². The van der Waals surface area contributed by atoms with Gasteiger partial charge in [-0.25, -0.2) is 22.9 Å². The minimum Gasteiger partial charge on any atom is -0.486 e. The van der Waals surface area contributed by atoms with Gasteiger partial charge in [-0.2, -0.15) is 0 Å². The fraction of sp³-hybridized carbons (Fsp3) is 0.385. The number of methoxy groups -OCH3 is 1. The molecule has 0 aliphatic heterocycles. The molecule has 0 saturated carbocycles. The number of anilines is 1. The fourth-order valence-corrected chi connectivity index (χ4v) is 5.11. The van der Waals surface area contributed by atoms with Gasteiger partial charge in [0.25, 0.3) is 10.0 Å². The number of thiophene rings is 1.